The van der Waals surface area contributed by atoms with Crippen molar-refractivity contribution in [1.82, 2.24) is 10.6 Å². The molecule has 3 amide bonds. The molecule has 8 nitrogen and oxygen atoms in total. The van der Waals surface area contributed by atoms with Gasteiger partial charge < -0.3 is 14.8 Å². The minimum Gasteiger partial charge on any atom is -0.493 e. The molecule has 1 saturated heterocycles. The maximum absolute atomic E-state index is 12.1. The first-order valence-corrected chi connectivity index (χ1v) is 9.81. The molecule has 2 aromatic carbocycles. The van der Waals surface area contributed by atoms with Gasteiger partial charge >= 0.3 is 0 Å². The van der Waals surface area contributed by atoms with Gasteiger partial charge in [0.25, 0.3) is 17.7 Å². The highest BCUT2D eigenvalue weighted by molar-refractivity contribution is 9.10. The van der Waals surface area contributed by atoms with Crippen LogP contribution in [0, 0.1) is 0 Å². The van der Waals surface area contributed by atoms with Crippen molar-refractivity contribution in [2.24, 2.45) is 0 Å². The minimum absolute atomic E-state index is 0.0431. The van der Waals surface area contributed by atoms with E-state index in [2.05, 4.69) is 31.9 Å². The summed E-state index contributed by atoms with van der Waals surface area (Å²) in [5.74, 6) is -0.918. The Morgan fingerprint density at radius 1 is 1.17 bits per heavy atom. The van der Waals surface area contributed by atoms with E-state index in [1.807, 2.05) is 18.2 Å². The van der Waals surface area contributed by atoms with Crippen LogP contribution in [0.5, 0.6) is 11.5 Å². The molecule has 2 aromatic rings. The number of nitrogens with one attached hydrogen (secondary N) is 3. The summed E-state index contributed by atoms with van der Waals surface area (Å²) in [6.45, 7) is -0.244. The van der Waals surface area contributed by atoms with E-state index in [1.54, 1.807) is 24.3 Å². The van der Waals surface area contributed by atoms with E-state index in [0.717, 1.165) is 0 Å². The number of amides is 3. The predicted molar refractivity (Wildman–Crippen MR) is 118 cm³/mol. The van der Waals surface area contributed by atoms with E-state index in [0.29, 0.717) is 27.2 Å². The lowest BCUT2D eigenvalue weighted by molar-refractivity contribution is -0.123. The summed E-state index contributed by atoms with van der Waals surface area (Å²) in [6, 6.07) is 12.2. The molecule has 0 aliphatic carbocycles. The number of benzene rings is 2. The number of para-hydroxylation sites is 1. The Morgan fingerprint density at radius 3 is 2.47 bits per heavy atom. The fraction of sp³-hybridized carbons (Fsp3) is 0.100. The first-order valence-electron chi connectivity index (χ1n) is 8.61. The Hall–Kier alpha value is -3.24. The molecular formula is C20H16BrN3O5S. The standard InChI is InChI=1S/C20H16BrN3O5S/c1-28-15-9-11(7-13-18(26)23-20(30)24-19(13)27)8-14(21)17(15)29-10-16(25)22-12-5-3-2-4-6-12/h2-9H,10H2,1H3,(H,22,25)(H2,23,24,26,27,30). The van der Waals surface area contributed by atoms with Gasteiger partial charge in [-0.25, -0.2) is 0 Å². The fourth-order valence-electron chi connectivity index (χ4n) is 2.59. The van der Waals surface area contributed by atoms with Crippen LogP contribution >= 0.6 is 28.1 Å². The highest BCUT2D eigenvalue weighted by atomic mass is 79.9. The maximum Gasteiger partial charge on any atom is 0.263 e. The second-order valence-electron chi connectivity index (χ2n) is 6.03. The molecule has 0 bridgehead atoms. The minimum atomic E-state index is -0.600. The zero-order valence-electron chi connectivity index (χ0n) is 15.7. The maximum atomic E-state index is 12.1. The molecule has 1 aliphatic heterocycles. The quantitative estimate of drug-likeness (QED) is 0.326. The van der Waals surface area contributed by atoms with Gasteiger partial charge in [0.05, 0.1) is 11.6 Å². The fourth-order valence-corrected chi connectivity index (χ4v) is 3.35. The van der Waals surface area contributed by atoms with Gasteiger partial charge in [-0.3, -0.25) is 25.0 Å². The molecule has 0 radical (unpaired) electrons. The molecule has 0 saturated carbocycles. The number of hydrogen-bond donors (Lipinski definition) is 3. The Labute approximate surface area is 185 Å². The van der Waals surface area contributed by atoms with Crippen LogP contribution in [-0.4, -0.2) is 36.6 Å². The number of thiocarbonyl (C=S) groups is 1. The first-order chi connectivity index (χ1) is 14.4. The van der Waals surface area contributed by atoms with Crippen LogP contribution in [0.1, 0.15) is 5.56 Å². The van der Waals surface area contributed by atoms with Crippen molar-refractivity contribution in [2.75, 3.05) is 19.0 Å². The second-order valence-corrected chi connectivity index (χ2v) is 7.29. The number of rotatable bonds is 6. The second kappa shape index (κ2) is 9.51. The molecule has 3 N–H and O–H groups in total. The molecule has 0 spiro atoms. The van der Waals surface area contributed by atoms with E-state index in [-0.39, 0.29) is 23.2 Å². The molecular weight excluding hydrogens is 474 g/mol. The number of hydrogen-bond acceptors (Lipinski definition) is 6. The van der Waals surface area contributed by atoms with Crippen molar-refractivity contribution in [3.05, 3.63) is 58.1 Å². The van der Waals surface area contributed by atoms with Gasteiger partial charge in [0, 0.05) is 5.69 Å². The summed E-state index contributed by atoms with van der Waals surface area (Å²) in [4.78, 5) is 36.2. The largest absolute Gasteiger partial charge is 0.493 e. The molecule has 3 rings (SSSR count). The third-order valence-corrected chi connectivity index (χ3v) is 4.70. The normalized spacial score (nSPS) is 13.3. The molecule has 10 heteroatoms. The van der Waals surface area contributed by atoms with Crippen LogP contribution in [0.4, 0.5) is 5.69 Å². The summed E-state index contributed by atoms with van der Waals surface area (Å²) in [5.41, 5.74) is 1.06. The Kier molecular flexibility index (Phi) is 6.80. The van der Waals surface area contributed by atoms with Crippen molar-refractivity contribution in [3.63, 3.8) is 0 Å². The Bertz CT molecular complexity index is 1030. The molecule has 154 valence electrons. The van der Waals surface area contributed by atoms with E-state index >= 15 is 0 Å². The number of ether oxygens (including phenoxy) is 2. The smallest absolute Gasteiger partial charge is 0.263 e. The SMILES string of the molecule is COc1cc(C=C2C(=O)NC(=S)NC2=O)cc(Br)c1OCC(=O)Nc1ccccc1. The van der Waals surface area contributed by atoms with Gasteiger partial charge in [-0.2, -0.15) is 0 Å². The van der Waals surface area contributed by atoms with E-state index < -0.39 is 11.8 Å². The van der Waals surface area contributed by atoms with Crippen LogP contribution in [0.25, 0.3) is 6.08 Å². The summed E-state index contributed by atoms with van der Waals surface area (Å²) in [7, 11) is 1.44. The molecule has 0 unspecified atom stereocenters. The molecule has 0 aromatic heterocycles. The van der Waals surface area contributed by atoms with Gasteiger partial charge in [0.1, 0.15) is 5.57 Å². The van der Waals surface area contributed by atoms with E-state index in [9.17, 15) is 14.4 Å². The first kappa shape index (κ1) is 21.5. The topological polar surface area (TPSA) is 106 Å². The van der Waals surface area contributed by atoms with Crippen molar-refractivity contribution in [3.8, 4) is 11.5 Å². The van der Waals surface area contributed by atoms with Crippen molar-refractivity contribution in [1.29, 1.82) is 0 Å². The summed E-state index contributed by atoms with van der Waals surface area (Å²) < 4.78 is 11.4. The van der Waals surface area contributed by atoms with Gasteiger partial charge in [-0.05, 0) is 64.1 Å². The van der Waals surface area contributed by atoms with Crippen LogP contribution in [0.15, 0.2) is 52.5 Å². The van der Waals surface area contributed by atoms with Crippen LogP contribution in [0.3, 0.4) is 0 Å². The Morgan fingerprint density at radius 2 is 1.83 bits per heavy atom. The zero-order valence-corrected chi connectivity index (χ0v) is 18.1. The third kappa shape index (κ3) is 5.22. The molecule has 30 heavy (non-hydrogen) atoms. The van der Waals surface area contributed by atoms with Gasteiger partial charge in [0.2, 0.25) is 0 Å². The predicted octanol–water partition coefficient (Wildman–Crippen LogP) is 2.39. The molecule has 1 aliphatic rings. The van der Waals surface area contributed by atoms with Crippen molar-refractivity contribution in [2.45, 2.75) is 0 Å². The molecule has 1 heterocycles. The van der Waals surface area contributed by atoms with E-state index in [4.69, 9.17) is 21.7 Å². The summed E-state index contributed by atoms with van der Waals surface area (Å²) >= 11 is 8.15. The lowest BCUT2D eigenvalue weighted by atomic mass is 10.1. The van der Waals surface area contributed by atoms with Gasteiger partial charge in [-0.15, -0.1) is 0 Å². The van der Waals surface area contributed by atoms with Gasteiger partial charge in [0.15, 0.2) is 23.2 Å². The highest BCUT2D eigenvalue weighted by Gasteiger charge is 2.26. The third-order valence-electron chi connectivity index (χ3n) is 3.91. The zero-order chi connectivity index (χ0) is 21.7. The van der Waals surface area contributed by atoms with Crippen molar-refractivity contribution < 1.29 is 23.9 Å². The van der Waals surface area contributed by atoms with Gasteiger partial charge in [-0.1, -0.05) is 18.2 Å². The van der Waals surface area contributed by atoms with Crippen LogP contribution in [-0.2, 0) is 14.4 Å². The number of anilines is 1. The highest BCUT2D eigenvalue weighted by Crippen LogP contribution is 2.37. The number of carbonyl (C=O) groups excluding carboxylic acids is 3. The summed E-state index contributed by atoms with van der Waals surface area (Å²) in [5, 5.41) is 7.41. The molecule has 0 atom stereocenters. The number of carbonyl (C=O) groups is 3. The van der Waals surface area contributed by atoms with Crippen LogP contribution in [0.2, 0.25) is 0 Å². The monoisotopic (exact) mass is 489 g/mol. The average molecular weight is 490 g/mol. The average Bonchev–Trinajstić information content (AvgIpc) is 2.70. The van der Waals surface area contributed by atoms with E-state index in [1.165, 1.54) is 13.2 Å². The van der Waals surface area contributed by atoms with Crippen molar-refractivity contribution >= 4 is 62.7 Å². The lowest BCUT2D eigenvalue weighted by Gasteiger charge is -2.17. The molecule has 1 fully saturated rings. The summed E-state index contributed by atoms with van der Waals surface area (Å²) in [6.07, 6.45) is 1.39. The lowest BCUT2D eigenvalue weighted by Crippen LogP contribution is -2.51. The Balaban J connectivity index is 1.76. The number of methoxy groups -OCH3 is 1. The number of halogens is 1. The van der Waals surface area contributed by atoms with Crippen LogP contribution < -0.4 is 25.4 Å².